The Kier molecular flexibility index (Phi) is 3.44. The van der Waals surface area contributed by atoms with Gasteiger partial charge >= 0.3 is 0 Å². The molecule has 6 nitrogen and oxygen atoms in total. The van der Waals surface area contributed by atoms with E-state index in [-0.39, 0.29) is 5.69 Å². The summed E-state index contributed by atoms with van der Waals surface area (Å²) in [5.41, 5.74) is -0.208. The number of pyridine rings is 1. The molecule has 0 aromatic carbocycles. The molecule has 0 spiro atoms. The van der Waals surface area contributed by atoms with E-state index in [0.717, 1.165) is 0 Å². The zero-order chi connectivity index (χ0) is 12.3. The van der Waals surface area contributed by atoms with Crippen LogP contribution in [-0.4, -0.2) is 27.2 Å². The zero-order valence-electron chi connectivity index (χ0n) is 9.52. The molecule has 1 rings (SSSR count). The van der Waals surface area contributed by atoms with Gasteiger partial charge in [0.15, 0.2) is 0 Å². The molecule has 0 amide bonds. The molecule has 0 atom stereocenters. The summed E-state index contributed by atoms with van der Waals surface area (Å²) >= 11 is 0. The molecule has 0 aliphatic carbocycles. The zero-order valence-corrected chi connectivity index (χ0v) is 9.52. The molecule has 0 unspecified atom stereocenters. The molecule has 1 aromatic heterocycles. The topological polar surface area (TPSA) is 88.3 Å². The normalized spacial score (nSPS) is 11.2. The molecule has 88 valence electrons. The number of aliphatic hydroxyl groups is 1. The third kappa shape index (κ3) is 3.47. The number of nitro groups is 1. The van der Waals surface area contributed by atoms with Crippen LogP contribution in [0, 0.1) is 17.0 Å². The largest absolute Gasteiger partial charge is 0.389 e. The van der Waals surface area contributed by atoms with Gasteiger partial charge in [-0.3, -0.25) is 10.1 Å². The van der Waals surface area contributed by atoms with Crippen LogP contribution in [0.5, 0.6) is 0 Å². The SMILES string of the molecule is Cc1cc([N+](=O)[O-])cnc1NCC(C)(C)O. The van der Waals surface area contributed by atoms with E-state index in [0.29, 0.717) is 17.9 Å². The molecule has 1 heterocycles. The molecule has 6 heteroatoms. The number of aryl methyl sites for hydroxylation is 1. The van der Waals surface area contributed by atoms with Crippen LogP contribution in [0.2, 0.25) is 0 Å². The first-order valence-electron chi connectivity index (χ1n) is 4.87. The summed E-state index contributed by atoms with van der Waals surface area (Å²) in [7, 11) is 0. The monoisotopic (exact) mass is 225 g/mol. The van der Waals surface area contributed by atoms with Crippen LogP contribution in [0.1, 0.15) is 19.4 Å². The highest BCUT2D eigenvalue weighted by Gasteiger charge is 2.14. The molecule has 0 fully saturated rings. The summed E-state index contributed by atoms with van der Waals surface area (Å²) < 4.78 is 0. The van der Waals surface area contributed by atoms with Gasteiger partial charge in [-0.1, -0.05) is 0 Å². The van der Waals surface area contributed by atoms with Crippen molar-refractivity contribution in [2.24, 2.45) is 0 Å². The van der Waals surface area contributed by atoms with Gasteiger partial charge in [-0.05, 0) is 26.3 Å². The lowest BCUT2D eigenvalue weighted by Crippen LogP contribution is -2.29. The van der Waals surface area contributed by atoms with Crippen molar-refractivity contribution in [3.05, 3.63) is 27.9 Å². The van der Waals surface area contributed by atoms with Crippen LogP contribution >= 0.6 is 0 Å². The third-order valence-electron chi connectivity index (χ3n) is 1.96. The number of anilines is 1. The van der Waals surface area contributed by atoms with Crippen LogP contribution in [0.25, 0.3) is 0 Å². The molecule has 0 saturated heterocycles. The fraction of sp³-hybridized carbons (Fsp3) is 0.500. The minimum Gasteiger partial charge on any atom is -0.389 e. The van der Waals surface area contributed by atoms with Crippen molar-refractivity contribution in [1.82, 2.24) is 4.98 Å². The Bertz CT molecular complexity index is 399. The maximum Gasteiger partial charge on any atom is 0.287 e. The predicted molar refractivity (Wildman–Crippen MR) is 60.4 cm³/mol. The van der Waals surface area contributed by atoms with E-state index in [2.05, 4.69) is 10.3 Å². The van der Waals surface area contributed by atoms with E-state index in [4.69, 9.17) is 0 Å². The standard InChI is InChI=1S/C10H15N3O3/c1-7-4-8(13(15)16)5-11-9(7)12-6-10(2,3)14/h4-5,14H,6H2,1-3H3,(H,11,12). The summed E-state index contributed by atoms with van der Waals surface area (Å²) in [5, 5.41) is 22.9. The van der Waals surface area contributed by atoms with Crippen molar-refractivity contribution >= 4 is 11.5 Å². The second-order valence-corrected chi connectivity index (χ2v) is 4.28. The van der Waals surface area contributed by atoms with E-state index in [1.54, 1.807) is 20.8 Å². The molecular weight excluding hydrogens is 210 g/mol. The summed E-state index contributed by atoms with van der Waals surface area (Å²) in [4.78, 5) is 13.9. The number of aromatic nitrogens is 1. The number of nitrogens with zero attached hydrogens (tertiary/aromatic N) is 2. The quantitative estimate of drug-likeness (QED) is 0.598. The Hall–Kier alpha value is -1.69. The lowest BCUT2D eigenvalue weighted by atomic mass is 10.1. The molecular formula is C10H15N3O3. The summed E-state index contributed by atoms with van der Waals surface area (Å²) in [6.07, 6.45) is 1.19. The average molecular weight is 225 g/mol. The van der Waals surface area contributed by atoms with Gasteiger partial charge in [0.2, 0.25) is 0 Å². The molecule has 0 saturated carbocycles. The first kappa shape index (κ1) is 12.4. The van der Waals surface area contributed by atoms with Crippen molar-refractivity contribution in [3.63, 3.8) is 0 Å². The number of hydrogen-bond acceptors (Lipinski definition) is 5. The van der Waals surface area contributed by atoms with E-state index < -0.39 is 10.5 Å². The highest BCUT2D eigenvalue weighted by atomic mass is 16.6. The Morgan fingerprint density at radius 2 is 2.25 bits per heavy atom. The maximum absolute atomic E-state index is 10.5. The Balaban J connectivity index is 2.80. The second-order valence-electron chi connectivity index (χ2n) is 4.28. The highest BCUT2D eigenvalue weighted by molar-refractivity contribution is 5.48. The number of hydrogen-bond donors (Lipinski definition) is 2. The lowest BCUT2D eigenvalue weighted by molar-refractivity contribution is -0.385. The van der Waals surface area contributed by atoms with Gasteiger partial charge in [-0.2, -0.15) is 0 Å². The first-order valence-corrected chi connectivity index (χ1v) is 4.87. The first-order chi connectivity index (χ1) is 7.29. The summed E-state index contributed by atoms with van der Waals surface area (Å²) in [6.45, 7) is 5.40. The van der Waals surface area contributed by atoms with Gasteiger partial charge in [-0.25, -0.2) is 4.98 Å². The smallest absolute Gasteiger partial charge is 0.287 e. The Morgan fingerprint density at radius 3 is 2.69 bits per heavy atom. The lowest BCUT2D eigenvalue weighted by Gasteiger charge is -2.18. The van der Waals surface area contributed by atoms with Crippen LogP contribution in [0.15, 0.2) is 12.3 Å². The molecule has 0 bridgehead atoms. The minimum atomic E-state index is -0.851. The number of rotatable bonds is 4. The highest BCUT2D eigenvalue weighted by Crippen LogP contribution is 2.18. The number of nitrogens with one attached hydrogen (secondary N) is 1. The van der Waals surface area contributed by atoms with Crippen molar-refractivity contribution in [3.8, 4) is 0 Å². The van der Waals surface area contributed by atoms with Crippen molar-refractivity contribution < 1.29 is 10.0 Å². The molecule has 2 N–H and O–H groups in total. The van der Waals surface area contributed by atoms with Gasteiger partial charge in [0, 0.05) is 12.6 Å². The fourth-order valence-corrected chi connectivity index (χ4v) is 1.14. The fourth-order valence-electron chi connectivity index (χ4n) is 1.14. The van der Waals surface area contributed by atoms with Crippen LogP contribution in [0.3, 0.4) is 0 Å². The summed E-state index contributed by atoms with van der Waals surface area (Å²) in [6, 6.07) is 1.44. The van der Waals surface area contributed by atoms with E-state index in [1.165, 1.54) is 12.3 Å². The van der Waals surface area contributed by atoms with Crippen molar-refractivity contribution in [2.45, 2.75) is 26.4 Å². The van der Waals surface area contributed by atoms with Gasteiger partial charge in [0.1, 0.15) is 12.0 Å². The molecule has 16 heavy (non-hydrogen) atoms. The molecule has 1 aromatic rings. The van der Waals surface area contributed by atoms with Crippen LogP contribution in [-0.2, 0) is 0 Å². The van der Waals surface area contributed by atoms with E-state index in [9.17, 15) is 15.2 Å². The molecule has 0 aliphatic rings. The third-order valence-corrected chi connectivity index (χ3v) is 1.96. The van der Waals surface area contributed by atoms with Crippen LogP contribution < -0.4 is 5.32 Å². The van der Waals surface area contributed by atoms with E-state index >= 15 is 0 Å². The van der Waals surface area contributed by atoms with Gasteiger partial charge < -0.3 is 10.4 Å². The molecule has 0 aliphatic heterocycles. The maximum atomic E-state index is 10.5. The minimum absolute atomic E-state index is 0.0358. The van der Waals surface area contributed by atoms with Crippen molar-refractivity contribution in [1.29, 1.82) is 0 Å². The average Bonchev–Trinajstić information content (AvgIpc) is 2.14. The van der Waals surface area contributed by atoms with Gasteiger partial charge in [0.25, 0.3) is 5.69 Å². The van der Waals surface area contributed by atoms with E-state index in [1.807, 2.05) is 0 Å². The van der Waals surface area contributed by atoms with Gasteiger partial charge in [-0.15, -0.1) is 0 Å². The van der Waals surface area contributed by atoms with Gasteiger partial charge in [0.05, 0.1) is 10.5 Å². The Labute approximate surface area is 93.5 Å². The van der Waals surface area contributed by atoms with Crippen LogP contribution in [0.4, 0.5) is 11.5 Å². The van der Waals surface area contributed by atoms with Crippen molar-refractivity contribution in [2.75, 3.05) is 11.9 Å². The Morgan fingerprint density at radius 1 is 1.62 bits per heavy atom. The summed E-state index contributed by atoms with van der Waals surface area (Å²) in [5.74, 6) is 0.549. The second kappa shape index (κ2) is 4.44. The molecule has 0 radical (unpaired) electrons. The predicted octanol–water partition coefficient (Wildman–Crippen LogP) is 1.48.